The predicted molar refractivity (Wildman–Crippen MR) is 88.3 cm³/mol. The second-order valence-corrected chi connectivity index (χ2v) is 4.93. The van der Waals surface area contributed by atoms with Gasteiger partial charge >= 0.3 is 6.03 Å². The smallest absolute Gasteiger partial charge is 0.319 e. The summed E-state index contributed by atoms with van der Waals surface area (Å²) in [6.07, 6.45) is 0. The van der Waals surface area contributed by atoms with Crippen molar-refractivity contribution in [3.8, 4) is 17.2 Å². The van der Waals surface area contributed by atoms with Crippen LogP contribution < -0.4 is 24.8 Å². The number of rotatable bonds is 6. The highest BCUT2D eigenvalue weighted by Crippen LogP contribution is 2.39. The van der Waals surface area contributed by atoms with Gasteiger partial charge in [0.05, 0.1) is 27.0 Å². The van der Waals surface area contributed by atoms with Crippen LogP contribution in [-0.2, 0) is 6.54 Å². The molecule has 134 valence electrons. The first-order chi connectivity index (χ1) is 12.0. The van der Waals surface area contributed by atoms with Crippen molar-refractivity contribution >= 4 is 11.7 Å². The van der Waals surface area contributed by atoms with E-state index in [2.05, 4.69) is 10.6 Å². The van der Waals surface area contributed by atoms with Crippen LogP contribution in [-0.4, -0.2) is 27.4 Å². The summed E-state index contributed by atoms with van der Waals surface area (Å²) in [6, 6.07) is 5.47. The SMILES string of the molecule is COc1ccc(CNC(=O)Nc2cc(F)ccc2F)c(OC)c1OC. The molecular weight excluding hydrogens is 334 g/mol. The number of halogens is 2. The van der Waals surface area contributed by atoms with Crippen LogP contribution >= 0.6 is 0 Å². The van der Waals surface area contributed by atoms with Crippen molar-refractivity contribution in [1.82, 2.24) is 5.32 Å². The summed E-state index contributed by atoms with van der Waals surface area (Å²) < 4.78 is 42.4. The topological polar surface area (TPSA) is 68.8 Å². The van der Waals surface area contributed by atoms with Crippen LogP contribution in [0.1, 0.15) is 5.56 Å². The van der Waals surface area contributed by atoms with Gasteiger partial charge in [0.15, 0.2) is 11.5 Å². The first-order valence-electron chi connectivity index (χ1n) is 7.28. The number of hydrogen-bond acceptors (Lipinski definition) is 4. The third-order valence-corrected chi connectivity index (χ3v) is 3.40. The molecule has 0 fully saturated rings. The van der Waals surface area contributed by atoms with E-state index in [9.17, 15) is 13.6 Å². The van der Waals surface area contributed by atoms with Crippen LogP contribution in [0.4, 0.5) is 19.3 Å². The Morgan fingerprint density at radius 1 is 1.00 bits per heavy atom. The lowest BCUT2D eigenvalue weighted by molar-refractivity contribution is 0.251. The molecule has 0 radical (unpaired) electrons. The van der Waals surface area contributed by atoms with Gasteiger partial charge in [-0.05, 0) is 24.3 Å². The quantitative estimate of drug-likeness (QED) is 0.837. The minimum Gasteiger partial charge on any atom is -0.493 e. The third-order valence-electron chi connectivity index (χ3n) is 3.40. The molecule has 0 bridgehead atoms. The molecule has 2 amide bonds. The lowest BCUT2D eigenvalue weighted by Crippen LogP contribution is -2.28. The Hall–Kier alpha value is -3.03. The van der Waals surface area contributed by atoms with E-state index in [1.54, 1.807) is 12.1 Å². The van der Waals surface area contributed by atoms with Crippen LogP contribution in [0.5, 0.6) is 17.2 Å². The summed E-state index contributed by atoms with van der Waals surface area (Å²) in [5, 5.41) is 4.79. The molecule has 0 spiro atoms. The van der Waals surface area contributed by atoms with E-state index >= 15 is 0 Å². The van der Waals surface area contributed by atoms with Crippen molar-refractivity contribution in [3.05, 3.63) is 47.5 Å². The van der Waals surface area contributed by atoms with Gasteiger partial charge in [-0.15, -0.1) is 0 Å². The summed E-state index contributed by atoms with van der Waals surface area (Å²) in [6.45, 7) is 0.0757. The monoisotopic (exact) mass is 352 g/mol. The Bertz CT molecular complexity index is 769. The highest BCUT2D eigenvalue weighted by atomic mass is 19.1. The highest BCUT2D eigenvalue weighted by Gasteiger charge is 2.16. The number of carbonyl (C=O) groups is 1. The second-order valence-electron chi connectivity index (χ2n) is 4.93. The number of carbonyl (C=O) groups excluding carboxylic acids is 1. The second kappa shape index (κ2) is 8.18. The molecule has 0 aromatic heterocycles. The van der Waals surface area contributed by atoms with Gasteiger partial charge in [0, 0.05) is 18.2 Å². The van der Waals surface area contributed by atoms with Crippen molar-refractivity contribution in [3.63, 3.8) is 0 Å². The van der Waals surface area contributed by atoms with Crippen LogP contribution in [0.25, 0.3) is 0 Å². The molecule has 6 nitrogen and oxygen atoms in total. The summed E-state index contributed by atoms with van der Waals surface area (Å²) in [4.78, 5) is 11.9. The lowest BCUT2D eigenvalue weighted by atomic mass is 10.1. The fourth-order valence-corrected chi connectivity index (χ4v) is 2.24. The first-order valence-corrected chi connectivity index (χ1v) is 7.28. The zero-order valence-electron chi connectivity index (χ0n) is 14.0. The fourth-order valence-electron chi connectivity index (χ4n) is 2.24. The minimum absolute atomic E-state index is 0.0757. The van der Waals surface area contributed by atoms with E-state index in [4.69, 9.17) is 14.2 Å². The molecule has 25 heavy (non-hydrogen) atoms. The van der Waals surface area contributed by atoms with Gasteiger partial charge in [-0.3, -0.25) is 0 Å². The number of ether oxygens (including phenoxy) is 3. The summed E-state index contributed by atoms with van der Waals surface area (Å²) >= 11 is 0. The number of anilines is 1. The number of methoxy groups -OCH3 is 3. The zero-order chi connectivity index (χ0) is 18.4. The lowest BCUT2D eigenvalue weighted by Gasteiger charge is -2.16. The van der Waals surface area contributed by atoms with E-state index < -0.39 is 17.7 Å². The maximum absolute atomic E-state index is 13.5. The number of hydrogen-bond donors (Lipinski definition) is 2. The molecule has 8 heteroatoms. The molecule has 2 aromatic rings. The van der Waals surface area contributed by atoms with E-state index in [1.165, 1.54) is 21.3 Å². The zero-order valence-corrected chi connectivity index (χ0v) is 14.0. The van der Waals surface area contributed by atoms with Crippen molar-refractivity contribution < 1.29 is 27.8 Å². The van der Waals surface area contributed by atoms with E-state index in [1.807, 2.05) is 0 Å². The fraction of sp³-hybridized carbons (Fsp3) is 0.235. The molecule has 2 aromatic carbocycles. The van der Waals surface area contributed by atoms with Crippen LogP contribution in [0.3, 0.4) is 0 Å². The Morgan fingerprint density at radius 2 is 1.72 bits per heavy atom. The van der Waals surface area contributed by atoms with Crippen molar-refractivity contribution in [2.75, 3.05) is 26.6 Å². The highest BCUT2D eigenvalue weighted by molar-refractivity contribution is 5.89. The van der Waals surface area contributed by atoms with E-state index in [-0.39, 0.29) is 12.2 Å². The number of nitrogens with one attached hydrogen (secondary N) is 2. The number of amides is 2. The normalized spacial score (nSPS) is 10.1. The molecule has 0 heterocycles. The van der Waals surface area contributed by atoms with Gasteiger partial charge < -0.3 is 24.8 Å². The maximum Gasteiger partial charge on any atom is 0.319 e. The Morgan fingerprint density at radius 3 is 2.36 bits per heavy atom. The van der Waals surface area contributed by atoms with E-state index in [0.29, 0.717) is 22.8 Å². The Balaban J connectivity index is 2.10. The Kier molecular flexibility index (Phi) is 5.99. The standard InChI is InChI=1S/C17H18F2N2O4/c1-23-14-7-4-10(15(24-2)16(14)25-3)9-20-17(22)21-13-8-11(18)5-6-12(13)19/h4-8H,9H2,1-3H3,(H2,20,21,22). The summed E-state index contributed by atoms with van der Waals surface area (Å²) in [5.74, 6) is -0.118. The first kappa shape index (κ1) is 18.3. The summed E-state index contributed by atoms with van der Waals surface area (Å²) in [5.41, 5.74) is 0.367. The largest absolute Gasteiger partial charge is 0.493 e. The molecular formula is C17H18F2N2O4. The summed E-state index contributed by atoms with van der Waals surface area (Å²) in [7, 11) is 4.43. The van der Waals surface area contributed by atoms with Gasteiger partial charge in [0.25, 0.3) is 0 Å². The van der Waals surface area contributed by atoms with Crippen molar-refractivity contribution in [1.29, 1.82) is 0 Å². The van der Waals surface area contributed by atoms with Crippen LogP contribution in [0.2, 0.25) is 0 Å². The van der Waals surface area contributed by atoms with Gasteiger partial charge in [-0.1, -0.05) is 0 Å². The minimum atomic E-state index is -0.736. The van der Waals surface area contributed by atoms with Crippen LogP contribution in [0, 0.1) is 11.6 Å². The molecule has 0 saturated heterocycles. The molecule has 0 aliphatic heterocycles. The third kappa shape index (κ3) is 4.28. The van der Waals surface area contributed by atoms with E-state index in [0.717, 1.165) is 18.2 Å². The van der Waals surface area contributed by atoms with Gasteiger partial charge in [0.1, 0.15) is 11.6 Å². The maximum atomic E-state index is 13.5. The molecule has 2 N–H and O–H groups in total. The number of benzene rings is 2. The average molecular weight is 352 g/mol. The van der Waals surface area contributed by atoms with Crippen molar-refractivity contribution in [2.45, 2.75) is 6.54 Å². The van der Waals surface area contributed by atoms with Gasteiger partial charge in [-0.25, -0.2) is 13.6 Å². The van der Waals surface area contributed by atoms with Crippen molar-refractivity contribution in [2.24, 2.45) is 0 Å². The molecule has 0 unspecified atom stereocenters. The van der Waals surface area contributed by atoms with Gasteiger partial charge in [-0.2, -0.15) is 0 Å². The molecule has 0 atom stereocenters. The molecule has 0 aliphatic rings. The average Bonchev–Trinajstić information content (AvgIpc) is 2.61. The van der Waals surface area contributed by atoms with Crippen LogP contribution in [0.15, 0.2) is 30.3 Å². The Labute approximate surface area is 143 Å². The van der Waals surface area contributed by atoms with Gasteiger partial charge in [0.2, 0.25) is 5.75 Å². The molecule has 0 saturated carbocycles. The number of urea groups is 1. The predicted octanol–water partition coefficient (Wildman–Crippen LogP) is 3.31. The molecule has 0 aliphatic carbocycles. The molecule has 2 rings (SSSR count).